The van der Waals surface area contributed by atoms with E-state index in [-0.39, 0.29) is 6.03 Å². The summed E-state index contributed by atoms with van der Waals surface area (Å²) in [5.74, 6) is -0.345. The third-order valence-corrected chi connectivity index (χ3v) is 3.65. The molecule has 0 bridgehead atoms. The molecular weight excluding hydrogens is 244 g/mol. The first-order chi connectivity index (χ1) is 8.93. The molecule has 0 radical (unpaired) electrons. The Morgan fingerprint density at radius 3 is 2.58 bits per heavy atom. The van der Waals surface area contributed by atoms with Gasteiger partial charge in [0.2, 0.25) is 0 Å². The number of carboxylic acids is 1. The number of hydrogen-bond donors (Lipinski definition) is 1. The van der Waals surface area contributed by atoms with Crippen molar-refractivity contribution in [3.05, 3.63) is 0 Å². The SMILES string of the molecule is CC(C)CCN(C)C(=O)N1CCCCCC1C(=O)O. The van der Waals surface area contributed by atoms with E-state index in [2.05, 4.69) is 13.8 Å². The van der Waals surface area contributed by atoms with Crippen LogP contribution in [0.1, 0.15) is 46.0 Å². The molecule has 2 amide bonds. The maximum atomic E-state index is 12.4. The molecule has 1 fully saturated rings. The van der Waals surface area contributed by atoms with Gasteiger partial charge in [-0.05, 0) is 25.2 Å². The highest BCUT2D eigenvalue weighted by atomic mass is 16.4. The minimum atomic E-state index is -0.882. The Bertz CT molecular complexity index is 318. The van der Waals surface area contributed by atoms with Crippen molar-refractivity contribution >= 4 is 12.0 Å². The minimum Gasteiger partial charge on any atom is -0.480 e. The molecule has 1 rings (SSSR count). The van der Waals surface area contributed by atoms with Crippen LogP contribution in [0.5, 0.6) is 0 Å². The highest BCUT2D eigenvalue weighted by molar-refractivity contribution is 5.82. The molecule has 1 heterocycles. The van der Waals surface area contributed by atoms with Gasteiger partial charge in [-0.2, -0.15) is 0 Å². The summed E-state index contributed by atoms with van der Waals surface area (Å²) in [5.41, 5.74) is 0. The molecule has 1 saturated heterocycles. The van der Waals surface area contributed by atoms with Crippen molar-refractivity contribution in [3.63, 3.8) is 0 Å². The molecule has 1 aliphatic rings. The fourth-order valence-corrected chi connectivity index (χ4v) is 2.36. The first kappa shape index (κ1) is 15.8. The van der Waals surface area contributed by atoms with Gasteiger partial charge < -0.3 is 14.9 Å². The van der Waals surface area contributed by atoms with Gasteiger partial charge in [0.1, 0.15) is 6.04 Å². The normalized spacial score (nSPS) is 20.2. The van der Waals surface area contributed by atoms with Crippen molar-refractivity contribution in [3.8, 4) is 0 Å². The number of carboxylic acid groups (broad SMARTS) is 1. The maximum absolute atomic E-state index is 12.4. The van der Waals surface area contributed by atoms with Gasteiger partial charge in [0.15, 0.2) is 0 Å². The molecule has 1 atom stereocenters. The number of rotatable bonds is 4. The van der Waals surface area contributed by atoms with Crippen LogP contribution in [-0.2, 0) is 4.79 Å². The van der Waals surface area contributed by atoms with Crippen molar-refractivity contribution in [1.29, 1.82) is 0 Å². The highest BCUT2D eigenvalue weighted by Gasteiger charge is 2.32. The Morgan fingerprint density at radius 2 is 2.00 bits per heavy atom. The van der Waals surface area contributed by atoms with Crippen molar-refractivity contribution < 1.29 is 14.7 Å². The zero-order valence-corrected chi connectivity index (χ0v) is 12.3. The smallest absolute Gasteiger partial charge is 0.326 e. The lowest BCUT2D eigenvalue weighted by Crippen LogP contribution is -2.50. The third kappa shape index (κ3) is 4.73. The summed E-state index contributed by atoms with van der Waals surface area (Å²) >= 11 is 0. The van der Waals surface area contributed by atoms with Gasteiger partial charge in [-0.3, -0.25) is 0 Å². The van der Waals surface area contributed by atoms with E-state index in [1.807, 2.05) is 0 Å². The topological polar surface area (TPSA) is 60.9 Å². The van der Waals surface area contributed by atoms with Gasteiger partial charge in [-0.1, -0.05) is 26.7 Å². The summed E-state index contributed by atoms with van der Waals surface area (Å²) in [7, 11) is 1.76. The Labute approximate surface area is 115 Å². The van der Waals surface area contributed by atoms with E-state index >= 15 is 0 Å². The summed E-state index contributed by atoms with van der Waals surface area (Å²) in [6.45, 7) is 5.47. The first-order valence-electron chi connectivity index (χ1n) is 7.18. The molecule has 0 aromatic carbocycles. The monoisotopic (exact) mass is 270 g/mol. The average molecular weight is 270 g/mol. The Morgan fingerprint density at radius 1 is 1.32 bits per heavy atom. The molecule has 1 aliphatic heterocycles. The van der Waals surface area contributed by atoms with E-state index in [1.165, 1.54) is 4.90 Å². The number of amides is 2. The Kier molecular flexibility index (Phi) is 6.12. The molecular formula is C14H26N2O3. The number of carbonyl (C=O) groups is 2. The minimum absolute atomic E-state index is 0.144. The largest absolute Gasteiger partial charge is 0.480 e. The van der Waals surface area contributed by atoms with E-state index < -0.39 is 12.0 Å². The van der Waals surface area contributed by atoms with Crippen LogP contribution in [0.25, 0.3) is 0 Å². The van der Waals surface area contributed by atoms with Crippen LogP contribution in [0.15, 0.2) is 0 Å². The van der Waals surface area contributed by atoms with E-state index in [4.69, 9.17) is 0 Å². The molecule has 0 saturated carbocycles. The molecule has 5 heteroatoms. The molecule has 1 N–H and O–H groups in total. The lowest BCUT2D eigenvalue weighted by molar-refractivity contribution is -0.142. The molecule has 0 aliphatic carbocycles. The number of hydrogen-bond acceptors (Lipinski definition) is 2. The van der Waals surface area contributed by atoms with Crippen molar-refractivity contribution in [1.82, 2.24) is 9.80 Å². The number of aliphatic carboxylic acids is 1. The quantitative estimate of drug-likeness (QED) is 0.853. The molecule has 5 nitrogen and oxygen atoms in total. The zero-order valence-electron chi connectivity index (χ0n) is 12.3. The summed E-state index contributed by atoms with van der Waals surface area (Å²) in [4.78, 5) is 26.9. The number of carbonyl (C=O) groups excluding carboxylic acids is 1. The van der Waals surface area contributed by atoms with Crippen molar-refractivity contribution in [2.45, 2.75) is 52.0 Å². The average Bonchev–Trinajstić information content (AvgIpc) is 2.60. The summed E-state index contributed by atoms with van der Waals surface area (Å²) in [6.07, 6.45) is 4.29. The van der Waals surface area contributed by atoms with Gasteiger partial charge in [0.05, 0.1) is 0 Å². The number of nitrogens with zero attached hydrogens (tertiary/aromatic N) is 2. The lowest BCUT2D eigenvalue weighted by Gasteiger charge is -2.31. The maximum Gasteiger partial charge on any atom is 0.326 e. The van der Waals surface area contributed by atoms with E-state index in [0.717, 1.165) is 25.7 Å². The molecule has 0 spiro atoms. The van der Waals surface area contributed by atoms with Crippen molar-refractivity contribution in [2.24, 2.45) is 5.92 Å². The summed E-state index contributed by atoms with van der Waals surface area (Å²) in [6, 6.07) is -0.800. The van der Waals surface area contributed by atoms with Gasteiger partial charge in [-0.25, -0.2) is 9.59 Å². The highest BCUT2D eigenvalue weighted by Crippen LogP contribution is 2.18. The van der Waals surface area contributed by atoms with Crippen LogP contribution >= 0.6 is 0 Å². The first-order valence-corrected chi connectivity index (χ1v) is 7.18. The predicted molar refractivity (Wildman–Crippen MR) is 74.1 cm³/mol. The predicted octanol–water partition coefficient (Wildman–Crippen LogP) is 2.41. The van der Waals surface area contributed by atoms with Gasteiger partial charge in [0.25, 0.3) is 0 Å². The second-order valence-electron chi connectivity index (χ2n) is 5.78. The zero-order chi connectivity index (χ0) is 14.4. The Hall–Kier alpha value is -1.26. The number of likely N-dealkylation sites (tertiary alicyclic amines) is 1. The van der Waals surface area contributed by atoms with Crippen LogP contribution in [0, 0.1) is 5.92 Å². The Balaban J connectivity index is 2.67. The third-order valence-electron chi connectivity index (χ3n) is 3.65. The van der Waals surface area contributed by atoms with E-state index in [9.17, 15) is 14.7 Å². The van der Waals surface area contributed by atoms with Crippen LogP contribution in [-0.4, -0.2) is 53.1 Å². The van der Waals surface area contributed by atoms with Crippen LogP contribution < -0.4 is 0 Å². The van der Waals surface area contributed by atoms with Crippen molar-refractivity contribution in [2.75, 3.05) is 20.1 Å². The van der Waals surface area contributed by atoms with Crippen LogP contribution in [0.4, 0.5) is 4.79 Å². The summed E-state index contributed by atoms with van der Waals surface area (Å²) in [5, 5.41) is 9.27. The molecule has 110 valence electrons. The number of urea groups is 1. The van der Waals surface area contributed by atoms with E-state index in [1.54, 1.807) is 11.9 Å². The molecule has 19 heavy (non-hydrogen) atoms. The summed E-state index contributed by atoms with van der Waals surface area (Å²) < 4.78 is 0. The fraction of sp³-hybridized carbons (Fsp3) is 0.857. The molecule has 0 aromatic rings. The standard InChI is InChI=1S/C14H26N2O3/c1-11(2)8-10-15(3)14(19)16-9-6-4-5-7-12(16)13(17)18/h11-12H,4-10H2,1-3H3,(H,17,18). The van der Waals surface area contributed by atoms with Gasteiger partial charge in [-0.15, -0.1) is 0 Å². The second-order valence-corrected chi connectivity index (χ2v) is 5.78. The molecule has 0 aromatic heterocycles. The lowest BCUT2D eigenvalue weighted by atomic mass is 10.1. The van der Waals surface area contributed by atoms with Crippen LogP contribution in [0.3, 0.4) is 0 Å². The van der Waals surface area contributed by atoms with Gasteiger partial charge >= 0.3 is 12.0 Å². The molecule has 1 unspecified atom stereocenters. The van der Waals surface area contributed by atoms with E-state index in [0.29, 0.717) is 25.4 Å². The van der Waals surface area contributed by atoms with Crippen LogP contribution in [0.2, 0.25) is 0 Å². The fourth-order valence-electron chi connectivity index (χ4n) is 2.36. The second kappa shape index (κ2) is 7.36. The van der Waals surface area contributed by atoms with Gasteiger partial charge in [0, 0.05) is 20.1 Å².